The molecule has 1 aromatic carbocycles. The van der Waals surface area contributed by atoms with E-state index in [0.717, 1.165) is 24.2 Å². The Morgan fingerprint density at radius 3 is 2.85 bits per heavy atom. The summed E-state index contributed by atoms with van der Waals surface area (Å²) in [7, 11) is 0. The largest absolute Gasteiger partial charge is 0.490 e. The fourth-order valence-electron chi connectivity index (χ4n) is 1.78. The second-order valence-corrected chi connectivity index (χ2v) is 4.58. The summed E-state index contributed by atoms with van der Waals surface area (Å²) in [5.41, 5.74) is 6.51. The van der Waals surface area contributed by atoms with Gasteiger partial charge in [0.1, 0.15) is 5.75 Å². The summed E-state index contributed by atoms with van der Waals surface area (Å²) >= 11 is 0. The lowest BCUT2D eigenvalue weighted by molar-refractivity contribution is 0.303. The van der Waals surface area contributed by atoms with E-state index in [9.17, 15) is 0 Å². The highest BCUT2D eigenvalue weighted by Crippen LogP contribution is 2.29. The van der Waals surface area contributed by atoms with Crippen LogP contribution in [-0.2, 0) is 0 Å². The molecule has 20 heavy (non-hydrogen) atoms. The van der Waals surface area contributed by atoms with Crippen molar-refractivity contribution in [1.29, 1.82) is 0 Å². The third kappa shape index (κ3) is 2.96. The Bertz CT molecular complexity index is 614. The highest BCUT2D eigenvalue weighted by atomic mass is 16.5. The monoisotopic (exact) mass is 272 g/mol. The number of nitrogens with two attached hydrogens (primary N) is 1. The Hall–Kier alpha value is -2.37. The molecular weight excluding hydrogens is 256 g/mol. The molecule has 1 aromatic heterocycles. The topological polar surface area (TPSA) is 83.2 Å². The van der Waals surface area contributed by atoms with Crippen LogP contribution in [0.5, 0.6) is 11.8 Å². The average molecular weight is 272 g/mol. The van der Waals surface area contributed by atoms with E-state index in [-0.39, 0.29) is 12.0 Å². The fourth-order valence-corrected chi connectivity index (χ4v) is 1.78. The van der Waals surface area contributed by atoms with E-state index in [1.165, 1.54) is 0 Å². The first-order valence-corrected chi connectivity index (χ1v) is 6.66. The first kappa shape index (κ1) is 12.7. The van der Waals surface area contributed by atoms with Crippen LogP contribution in [0.1, 0.15) is 19.8 Å². The molecule has 6 nitrogen and oxygen atoms in total. The zero-order chi connectivity index (χ0) is 13.9. The molecular formula is C14H16N4O2. The minimum atomic E-state index is 0.145. The smallest absolute Gasteiger partial charge is 0.321 e. The van der Waals surface area contributed by atoms with Crippen LogP contribution in [0, 0.1) is 0 Å². The van der Waals surface area contributed by atoms with Gasteiger partial charge in [-0.1, -0.05) is 12.1 Å². The molecule has 6 heteroatoms. The molecule has 1 fully saturated rings. The SMILES string of the molecule is CCOc1nc(N)nc(-c2cccc(OC3CC3)c2)n1. The number of benzene rings is 1. The van der Waals surface area contributed by atoms with Gasteiger partial charge in [-0.05, 0) is 31.9 Å². The van der Waals surface area contributed by atoms with Crippen molar-refractivity contribution in [3.63, 3.8) is 0 Å². The first-order chi connectivity index (χ1) is 9.74. The number of hydrogen-bond donors (Lipinski definition) is 1. The van der Waals surface area contributed by atoms with E-state index >= 15 is 0 Å². The number of rotatable bonds is 5. The number of aromatic nitrogens is 3. The minimum absolute atomic E-state index is 0.145. The van der Waals surface area contributed by atoms with Crippen LogP contribution in [0.15, 0.2) is 24.3 Å². The van der Waals surface area contributed by atoms with Crippen LogP contribution in [0.3, 0.4) is 0 Å². The number of nitrogens with zero attached hydrogens (tertiary/aromatic N) is 3. The molecule has 104 valence electrons. The molecule has 1 aliphatic rings. The van der Waals surface area contributed by atoms with Gasteiger partial charge in [0.15, 0.2) is 5.82 Å². The molecule has 0 aliphatic heterocycles. The van der Waals surface area contributed by atoms with Crippen molar-refractivity contribution in [2.24, 2.45) is 0 Å². The van der Waals surface area contributed by atoms with Crippen LogP contribution in [0.4, 0.5) is 5.95 Å². The van der Waals surface area contributed by atoms with Crippen LogP contribution >= 0.6 is 0 Å². The van der Waals surface area contributed by atoms with Gasteiger partial charge in [0.2, 0.25) is 5.95 Å². The zero-order valence-electron chi connectivity index (χ0n) is 11.2. The fraction of sp³-hybridized carbons (Fsp3) is 0.357. The minimum Gasteiger partial charge on any atom is -0.490 e. The van der Waals surface area contributed by atoms with Crippen molar-refractivity contribution in [3.8, 4) is 23.1 Å². The van der Waals surface area contributed by atoms with E-state index in [0.29, 0.717) is 18.5 Å². The van der Waals surface area contributed by atoms with Crippen molar-refractivity contribution in [2.45, 2.75) is 25.9 Å². The third-order valence-electron chi connectivity index (χ3n) is 2.82. The lowest BCUT2D eigenvalue weighted by atomic mass is 10.2. The molecule has 0 radical (unpaired) electrons. The number of anilines is 1. The lowest BCUT2D eigenvalue weighted by Gasteiger charge is -2.07. The number of ether oxygens (including phenoxy) is 2. The number of hydrogen-bond acceptors (Lipinski definition) is 6. The summed E-state index contributed by atoms with van der Waals surface area (Å²) in [6.07, 6.45) is 2.60. The van der Waals surface area contributed by atoms with Crippen LogP contribution < -0.4 is 15.2 Å². The molecule has 0 atom stereocenters. The van der Waals surface area contributed by atoms with Crippen LogP contribution in [-0.4, -0.2) is 27.7 Å². The summed E-state index contributed by atoms with van der Waals surface area (Å²) in [6.45, 7) is 2.34. The van der Waals surface area contributed by atoms with Gasteiger partial charge >= 0.3 is 6.01 Å². The van der Waals surface area contributed by atoms with E-state index in [1.807, 2.05) is 31.2 Å². The summed E-state index contributed by atoms with van der Waals surface area (Å²) in [4.78, 5) is 12.3. The molecule has 0 spiro atoms. The maximum atomic E-state index is 5.76. The Balaban J connectivity index is 1.90. The maximum Gasteiger partial charge on any atom is 0.321 e. The molecule has 1 heterocycles. The molecule has 1 aliphatic carbocycles. The molecule has 0 unspecified atom stereocenters. The highest BCUT2D eigenvalue weighted by Gasteiger charge is 2.23. The Kier molecular flexibility index (Phi) is 3.37. The Labute approximate surface area is 117 Å². The van der Waals surface area contributed by atoms with E-state index in [4.69, 9.17) is 15.2 Å². The molecule has 0 saturated heterocycles. The van der Waals surface area contributed by atoms with Gasteiger partial charge in [0, 0.05) is 5.56 Å². The Morgan fingerprint density at radius 2 is 2.10 bits per heavy atom. The maximum absolute atomic E-state index is 5.76. The predicted octanol–water partition coefficient (Wildman–Crippen LogP) is 2.06. The molecule has 0 bridgehead atoms. The van der Waals surface area contributed by atoms with Crippen molar-refractivity contribution >= 4 is 5.95 Å². The summed E-state index contributed by atoms with van der Waals surface area (Å²) in [5, 5.41) is 0. The van der Waals surface area contributed by atoms with Gasteiger partial charge in [0.25, 0.3) is 0 Å². The van der Waals surface area contributed by atoms with Crippen molar-refractivity contribution in [2.75, 3.05) is 12.3 Å². The summed E-state index contributed by atoms with van der Waals surface area (Å²) in [6, 6.07) is 7.89. The van der Waals surface area contributed by atoms with Crippen LogP contribution in [0.25, 0.3) is 11.4 Å². The van der Waals surface area contributed by atoms with E-state index < -0.39 is 0 Å². The van der Waals surface area contributed by atoms with Gasteiger partial charge in [0.05, 0.1) is 12.7 Å². The zero-order valence-corrected chi connectivity index (χ0v) is 11.2. The summed E-state index contributed by atoms with van der Waals surface area (Å²) < 4.78 is 11.0. The van der Waals surface area contributed by atoms with Crippen LogP contribution in [0.2, 0.25) is 0 Å². The van der Waals surface area contributed by atoms with Crippen molar-refractivity contribution in [1.82, 2.24) is 15.0 Å². The predicted molar refractivity (Wildman–Crippen MR) is 74.5 cm³/mol. The second-order valence-electron chi connectivity index (χ2n) is 4.58. The molecule has 1 saturated carbocycles. The standard InChI is InChI=1S/C14H16N4O2/c1-2-19-14-17-12(16-13(15)18-14)9-4-3-5-11(8-9)20-10-6-7-10/h3-5,8,10H,2,6-7H2,1H3,(H2,15,16,17,18). The molecule has 0 amide bonds. The summed E-state index contributed by atoms with van der Waals surface area (Å²) in [5.74, 6) is 1.45. The van der Waals surface area contributed by atoms with Gasteiger partial charge in [-0.25, -0.2) is 0 Å². The molecule has 3 rings (SSSR count). The normalized spacial score (nSPS) is 14.1. The van der Waals surface area contributed by atoms with E-state index in [1.54, 1.807) is 0 Å². The van der Waals surface area contributed by atoms with Gasteiger partial charge in [-0.2, -0.15) is 15.0 Å². The lowest BCUT2D eigenvalue weighted by Crippen LogP contribution is -2.05. The van der Waals surface area contributed by atoms with Gasteiger partial charge in [-0.15, -0.1) is 0 Å². The quantitative estimate of drug-likeness (QED) is 0.897. The first-order valence-electron chi connectivity index (χ1n) is 6.66. The van der Waals surface area contributed by atoms with Crippen molar-refractivity contribution in [3.05, 3.63) is 24.3 Å². The average Bonchev–Trinajstić information content (AvgIpc) is 3.23. The van der Waals surface area contributed by atoms with Crippen molar-refractivity contribution < 1.29 is 9.47 Å². The molecule has 2 aromatic rings. The third-order valence-corrected chi connectivity index (χ3v) is 2.82. The number of nitrogen functional groups attached to an aromatic ring is 1. The molecule has 2 N–H and O–H groups in total. The van der Waals surface area contributed by atoms with E-state index in [2.05, 4.69) is 15.0 Å². The second kappa shape index (κ2) is 5.32. The van der Waals surface area contributed by atoms with Gasteiger partial charge in [-0.3, -0.25) is 0 Å². The Morgan fingerprint density at radius 1 is 1.25 bits per heavy atom. The highest BCUT2D eigenvalue weighted by molar-refractivity contribution is 5.58. The van der Waals surface area contributed by atoms with Gasteiger partial charge < -0.3 is 15.2 Å².